The minimum absolute atomic E-state index is 0.201. The Labute approximate surface area is 90.3 Å². The summed E-state index contributed by atoms with van der Waals surface area (Å²) in [4.78, 5) is 12.4. The smallest absolute Gasteiger partial charge is 0.303 e. The number of nitrogens with zero attached hydrogens (tertiary/aromatic N) is 1. The van der Waals surface area contributed by atoms with Crippen molar-refractivity contribution in [3.05, 3.63) is 0 Å². The van der Waals surface area contributed by atoms with Gasteiger partial charge in [-0.3, -0.25) is 9.69 Å². The highest BCUT2D eigenvalue weighted by Crippen LogP contribution is 2.16. The van der Waals surface area contributed by atoms with Crippen LogP contribution in [0.5, 0.6) is 0 Å². The molecular weight excluding hydrogens is 198 g/mol. The average Bonchev–Trinajstić information content (AvgIpc) is 2.68. The van der Waals surface area contributed by atoms with Gasteiger partial charge in [-0.05, 0) is 32.4 Å². The summed E-state index contributed by atoms with van der Waals surface area (Å²) in [5.41, 5.74) is 0. The minimum Gasteiger partial charge on any atom is -0.481 e. The van der Waals surface area contributed by atoms with Crippen LogP contribution >= 0.6 is 0 Å². The fourth-order valence-electron chi connectivity index (χ4n) is 1.83. The van der Waals surface area contributed by atoms with E-state index in [1.807, 2.05) is 0 Å². The number of hydrogen-bond donors (Lipinski definition) is 3. The molecule has 3 N–H and O–H groups in total. The number of rotatable bonds is 5. The van der Waals surface area contributed by atoms with E-state index in [0.29, 0.717) is 6.42 Å². The lowest BCUT2D eigenvalue weighted by molar-refractivity contribution is -0.137. The Kier molecular flexibility index (Phi) is 8.27. The SMILES string of the molecule is CO.O=C(O)CCCN1CCCC1CO. The van der Waals surface area contributed by atoms with Crippen molar-refractivity contribution in [1.82, 2.24) is 4.90 Å². The van der Waals surface area contributed by atoms with E-state index in [2.05, 4.69) is 4.90 Å². The number of carbonyl (C=O) groups is 1. The third kappa shape index (κ3) is 5.71. The van der Waals surface area contributed by atoms with Crippen LogP contribution < -0.4 is 0 Å². The van der Waals surface area contributed by atoms with Crippen LogP contribution in [-0.4, -0.2) is 59.0 Å². The van der Waals surface area contributed by atoms with Crippen molar-refractivity contribution < 1.29 is 20.1 Å². The number of hydrogen-bond acceptors (Lipinski definition) is 4. The first-order valence-corrected chi connectivity index (χ1v) is 5.25. The number of carboxylic acids is 1. The predicted molar refractivity (Wildman–Crippen MR) is 56.7 cm³/mol. The highest BCUT2D eigenvalue weighted by Gasteiger charge is 2.22. The summed E-state index contributed by atoms with van der Waals surface area (Å²) in [5, 5.41) is 24.4. The lowest BCUT2D eigenvalue weighted by atomic mass is 10.2. The standard InChI is InChI=1S/C9H17NO3.CH4O/c11-7-8-3-1-5-10(8)6-2-4-9(12)13;1-2/h8,11H,1-7H2,(H,12,13);2H,1H3. The van der Waals surface area contributed by atoms with Crippen LogP contribution in [0, 0.1) is 0 Å². The molecule has 0 aromatic rings. The Morgan fingerprint density at radius 2 is 2.13 bits per heavy atom. The van der Waals surface area contributed by atoms with Crippen molar-refractivity contribution in [2.45, 2.75) is 31.7 Å². The van der Waals surface area contributed by atoms with Crippen LogP contribution in [0.1, 0.15) is 25.7 Å². The maximum Gasteiger partial charge on any atom is 0.303 e. The molecule has 1 fully saturated rings. The van der Waals surface area contributed by atoms with Gasteiger partial charge in [-0.1, -0.05) is 0 Å². The van der Waals surface area contributed by atoms with Crippen molar-refractivity contribution in [3.8, 4) is 0 Å². The van der Waals surface area contributed by atoms with Crippen molar-refractivity contribution in [3.63, 3.8) is 0 Å². The van der Waals surface area contributed by atoms with Gasteiger partial charge in [-0.25, -0.2) is 0 Å². The topological polar surface area (TPSA) is 81.0 Å². The van der Waals surface area contributed by atoms with Crippen LogP contribution in [0.2, 0.25) is 0 Å². The molecule has 1 unspecified atom stereocenters. The Morgan fingerprint density at radius 1 is 1.47 bits per heavy atom. The fourth-order valence-corrected chi connectivity index (χ4v) is 1.83. The summed E-state index contributed by atoms with van der Waals surface area (Å²) < 4.78 is 0. The quantitative estimate of drug-likeness (QED) is 0.602. The summed E-state index contributed by atoms with van der Waals surface area (Å²) in [6, 6.07) is 0.272. The molecule has 5 nitrogen and oxygen atoms in total. The maximum atomic E-state index is 10.3. The molecule has 1 heterocycles. The van der Waals surface area contributed by atoms with Gasteiger partial charge in [0.1, 0.15) is 0 Å². The molecule has 0 amide bonds. The van der Waals surface area contributed by atoms with Crippen molar-refractivity contribution >= 4 is 5.97 Å². The number of aliphatic hydroxyl groups is 2. The highest BCUT2D eigenvalue weighted by atomic mass is 16.4. The lowest BCUT2D eigenvalue weighted by Gasteiger charge is -2.21. The summed E-state index contributed by atoms with van der Waals surface area (Å²) in [6.07, 6.45) is 3.09. The molecule has 0 bridgehead atoms. The molecule has 0 aliphatic carbocycles. The van der Waals surface area contributed by atoms with Gasteiger partial charge in [-0.2, -0.15) is 0 Å². The molecule has 5 heteroatoms. The molecule has 1 aliphatic heterocycles. The third-order valence-corrected chi connectivity index (χ3v) is 2.55. The fraction of sp³-hybridized carbons (Fsp3) is 0.900. The van der Waals surface area contributed by atoms with Gasteiger partial charge in [0.15, 0.2) is 0 Å². The van der Waals surface area contributed by atoms with Crippen LogP contribution in [0.25, 0.3) is 0 Å². The highest BCUT2D eigenvalue weighted by molar-refractivity contribution is 5.66. The molecule has 0 aromatic carbocycles. The van der Waals surface area contributed by atoms with E-state index in [-0.39, 0.29) is 19.1 Å². The van der Waals surface area contributed by atoms with Crippen LogP contribution in [-0.2, 0) is 4.79 Å². The van der Waals surface area contributed by atoms with E-state index in [1.54, 1.807) is 0 Å². The van der Waals surface area contributed by atoms with Crippen molar-refractivity contribution in [2.24, 2.45) is 0 Å². The molecule has 1 saturated heterocycles. The van der Waals surface area contributed by atoms with Crippen molar-refractivity contribution in [1.29, 1.82) is 0 Å². The molecule has 0 saturated carbocycles. The maximum absolute atomic E-state index is 10.3. The summed E-state index contributed by atoms with van der Waals surface area (Å²) in [7, 11) is 1.00. The van der Waals surface area contributed by atoms with E-state index < -0.39 is 5.97 Å². The molecule has 0 spiro atoms. The zero-order chi connectivity index (χ0) is 11.7. The van der Waals surface area contributed by atoms with Gasteiger partial charge in [0.05, 0.1) is 6.61 Å². The number of aliphatic carboxylic acids is 1. The third-order valence-electron chi connectivity index (χ3n) is 2.55. The summed E-state index contributed by atoms with van der Waals surface area (Å²) in [6.45, 7) is 2.01. The Hall–Kier alpha value is -0.650. The number of carboxylic acid groups (broad SMARTS) is 1. The second kappa shape index (κ2) is 8.64. The number of likely N-dealkylation sites (tertiary alicyclic amines) is 1. The molecule has 1 atom stereocenters. The Bertz CT molecular complexity index is 175. The molecule has 1 aliphatic rings. The van der Waals surface area contributed by atoms with E-state index >= 15 is 0 Å². The van der Waals surface area contributed by atoms with E-state index in [4.69, 9.17) is 15.3 Å². The van der Waals surface area contributed by atoms with Gasteiger partial charge in [-0.15, -0.1) is 0 Å². The van der Waals surface area contributed by atoms with Gasteiger partial charge in [0, 0.05) is 19.6 Å². The molecular formula is C10H21NO4. The zero-order valence-corrected chi connectivity index (χ0v) is 9.22. The Balaban J connectivity index is 0.000000921. The van der Waals surface area contributed by atoms with Crippen LogP contribution in [0.3, 0.4) is 0 Å². The van der Waals surface area contributed by atoms with E-state index in [1.165, 1.54) is 0 Å². The van der Waals surface area contributed by atoms with E-state index in [9.17, 15) is 4.79 Å². The molecule has 90 valence electrons. The van der Waals surface area contributed by atoms with E-state index in [0.717, 1.165) is 33.0 Å². The average molecular weight is 219 g/mol. The monoisotopic (exact) mass is 219 g/mol. The zero-order valence-electron chi connectivity index (χ0n) is 9.22. The summed E-state index contributed by atoms with van der Waals surface area (Å²) in [5.74, 6) is -0.736. The predicted octanol–water partition coefficient (Wildman–Crippen LogP) is -0.0836. The van der Waals surface area contributed by atoms with Crippen LogP contribution in [0.15, 0.2) is 0 Å². The van der Waals surface area contributed by atoms with Gasteiger partial charge in [0.2, 0.25) is 0 Å². The second-order valence-corrected chi connectivity index (χ2v) is 3.51. The normalized spacial score (nSPS) is 20.9. The van der Waals surface area contributed by atoms with Gasteiger partial charge < -0.3 is 15.3 Å². The number of aliphatic hydroxyl groups excluding tert-OH is 2. The molecule has 0 radical (unpaired) electrons. The lowest BCUT2D eigenvalue weighted by Crippen LogP contribution is -2.33. The first-order valence-electron chi connectivity index (χ1n) is 5.25. The largest absolute Gasteiger partial charge is 0.481 e. The first kappa shape index (κ1) is 14.3. The molecule has 0 aromatic heterocycles. The minimum atomic E-state index is -0.736. The van der Waals surface area contributed by atoms with Gasteiger partial charge in [0.25, 0.3) is 0 Å². The van der Waals surface area contributed by atoms with Gasteiger partial charge >= 0.3 is 5.97 Å². The molecule has 15 heavy (non-hydrogen) atoms. The second-order valence-electron chi connectivity index (χ2n) is 3.51. The van der Waals surface area contributed by atoms with Crippen LogP contribution in [0.4, 0.5) is 0 Å². The van der Waals surface area contributed by atoms with Crippen molar-refractivity contribution in [2.75, 3.05) is 26.8 Å². The first-order chi connectivity index (χ1) is 7.24. The Morgan fingerprint density at radius 3 is 2.67 bits per heavy atom. The summed E-state index contributed by atoms with van der Waals surface area (Å²) >= 11 is 0. The molecule has 1 rings (SSSR count).